The van der Waals surface area contributed by atoms with Gasteiger partial charge in [0.25, 0.3) is 6.43 Å². The zero-order valence-corrected chi connectivity index (χ0v) is 14.3. The molecule has 1 amide bonds. The average Bonchev–Trinajstić information content (AvgIpc) is 3.00. The molecule has 0 atom stereocenters. The number of benzene rings is 1. The molecule has 1 aliphatic carbocycles. The number of rotatable bonds is 5. The number of hydrogen-bond donors (Lipinski definition) is 1. The van der Waals surface area contributed by atoms with Crippen LogP contribution in [-0.4, -0.2) is 20.4 Å². The molecule has 0 spiro atoms. The number of fused-ring (bicyclic) bond motifs is 1. The van der Waals surface area contributed by atoms with Crippen molar-refractivity contribution in [1.82, 2.24) is 19.9 Å². The summed E-state index contributed by atoms with van der Waals surface area (Å²) in [5, 5.41) is 3.74. The number of amides is 1. The van der Waals surface area contributed by atoms with Crippen molar-refractivity contribution in [2.45, 2.75) is 37.8 Å². The number of nitrogens with zero attached hydrogens (tertiary/aromatic N) is 3. The van der Waals surface area contributed by atoms with E-state index in [1.807, 2.05) is 0 Å². The fourth-order valence-electron chi connectivity index (χ4n) is 3.42. The van der Waals surface area contributed by atoms with Gasteiger partial charge in [-0.25, -0.2) is 23.1 Å². The summed E-state index contributed by atoms with van der Waals surface area (Å²) in [6.07, 6.45) is 2.34. The summed E-state index contributed by atoms with van der Waals surface area (Å²) in [4.78, 5) is 20.7. The van der Waals surface area contributed by atoms with Gasteiger partial charge in [-0.05, 0) is 55.0 Å². The Morgan fingerprint density at radius 1 is 1.26 bits per heavy atom. The quantitative estimate of drug-likeness (QED) is 0.741. The Bertz CT molecular complexity index is 998. The lowest BCUT2D eigenvalue weighted by Crippen LogP contribution is -2.52. The fraction of sp³-hybridized carbons (Fsp3) is 0.316. The lowest BCUT2D eigenvalue weighted by molar-refractivity contribution is -0.125. The maximum atomic E-state index is 13.5. The topological polar surface area (TPSA) is 59.8 Å². The standard InChI is InChI=1S/C19H17F3N4O/c20-13-3-2-12-5-9-26(15(12)10-13)11-16(27)25-19(6-1-7-19)18-23-8-4-14(24-18)17(21)22/h2-5,8-10,17H,1,6-7,11H2,(H,25,27). The van der Waals surface area contributed by atoms with E-state index in [0.717, 1.165) is 11.8 Å². The van der Waals surface area contributed by atoms with E-state index in [4.69, 9.17) is 0 Å². The SMILES string of the molecule is O=C(Cn1ccc2ccc(F)cc21)NC1(c2nccc(C(F)F)n2)CCC1. The van der Waals surface area contributed by atoms with Gasteiger partial charge in [0.1, 0.15) is 18.1 Å². The molecule has 0 bridgehead atoms. The Kier molecular flexibility index (Phi) is 4.33. The highest BCUT2D eigenvalue weighted by molar-refractivity contribution is 5.83. The van der Waals surface area contributed by atoms with Crippen LogP contribution in [0.25, 0.3) is 10.9 Å². The van der Waals surface area contributed by atoms with Crippen LogP contribution in [0.3, 0.4) is 0 Å². The molecule has 0 saturated heterocycles. The van der Waals surface area contributed by atoms with Gasteiger partial charge in [-0.15, -0.1) is 0 Å². The van der Waals surface area contributed by atoms with E-state index in [9.17, 15) is 18.0 Å². The molecule has 0 radical (unpaired) electrons. The summed E-state index contributed by atoms with van der Waals surface area (Å²) in [5.74, 6) is -0.471. The van der Waals surface area contributed by atoms with Crippen LogP contribution in [0.4, 0.5) is 13.2 Å². The largest absolute Gasteiger partial charge is 0.342 e. The molecule has 0 aliphatic heterocycles. The molecule has 1 saturated carbocycles. The van der Waals surface area contributed by atoms with Crippen molar-refractivity contribution in [3.05, 3.63) is 60.1 Å². The third kappa shape index (κ3) is 3.27. The van der Waals surface area contributed by atoms with Crippen LogP contribution in [-0.2, 0) is 16.9 Å². The molecule has 1 aliphatic rings. The first-order valence-corrected chi connectivity index (χ1v) is 8.64. The van der Waals surface area contributed by atoms with Crippen molar-refractivity contribution < 1.29 is 18.0 Å². The summed E-state index contributed by atoms with van der Waals surface area (Å²) >= 11 is 0. The predicted octanol–water partition coefficient (Wildman–Crippen LogP) is 3.70. The van der Waals surface area contributed by atoms with Crippen LogP contribution < -0.4 is 5.32 Å². The number of hydrogen-bond acceptors (Lipinski definition) is 3. The van der Waals surface area contributed by atoms with Gasteiger partial charge in [0.15, 0.2) is 5.82 Å². The molecule has 2 aromatic heterocycles. The molecule has 5 nitrogen and oxygen atoms in total. The second-order valence-corrected chi connectivity index (χ2v) is 6.74. The minimum absolute atomic E-state index is 0.0107. The first kappa shape index (κ1) is 17.5. The van der Waals surface area contributed by atoms with E-state index < -0.39 is 12.0 Å². The average molecular weight is 374 g/mol. The maximum absolute atomic E-state index is 13.5. The highest BCUT2D eigenvalue weighted by Crippen LogP contribution is 2.40. The molecule has 27 heavy (non-hydrogen) atoms. The minimum atomic E-state index is -2.69. The zero-order valence-electron chi connectivity index (χ0n) is 14.3. The molecule has 0 unspecified atom stereocenters. The molecule has 1 N–H and O–H groups in total. The van der Waals surface area contributed by atoms with Gasteiger partial charge in [0.05, 0.1) is 11.1 Å². The summed E-state index contributed by atoms with van der Waals surface area (Å²) in [7, 11) is 0. The maximum Gasteiger partial charge on any atom is 0.280 e. The predicted molar refractivity (Wildman–Crippen MR) is 92.6 cm³/mol. The van der Waals surface area contributed by atoms with Crippen molar-refractivity contribution in [3.63, 3.8) is 0 Å². The van der Waals surface area contributed by atoms with E-state index >= 15 is 0 Å². The van der Waals surface area contributed by atoms with Crippen LogP contribution in [0.1, 0.15) is 37.2 Å². The van der Waals surface area contributed by atoms with Crippen LogP contribution >= 0.6 is 0 Å². The van der Waals surface area contributed by atoms with Crippen molar-refractivity contribution in [1.29, 1.82) is 0 Å². The number of halogens is 3. The fourth-order valence-corrected chi connectivity index (χ4v) is 3.42. The van der Waals surface area contributed by atoms with Gasteiger partial charge in [-0.2, -0.15) is 0 Å². The summed E-state index contributed by atoms with van der Waals surface area (Å²) in [5.41, 5.74) is -0.563. The molecular weight excluding hydrogens is 357 g/mol. The molecule has 8 heteroatoms. The monoisotopic (exact) mass is 374 g/mol. The third-order valence-electron chi connectivity index (χ3n) is 4.96. The highest BCUT2D eigenvalue weighted by Gasteiger charge is 2.43. The van der Waals surface area contributed by atoms with Gasteiger partial charge in [0.2, 0.25) is 5.91 Å². The van der Waals surface area contributed by atoms with Crippen LogP contribution in [0.15, 0.2) is 42.7 Å². The van der Waals surface area contributed by atoms with Crippen molar-refractivity contribution in [3.8, 4) is 0 Å². The van der Waals surface area contributed by atoms with Crippen molar-refractivity contribution >= 4 is 16.8 Å². The molecular formula is C19H17F3N4O. The van der Waals surface area contributed by atoms with Crippen molar-refractivity contribution in [2.75, 3.05) is 0 Å². The first-order valence-electron chi connectivity index (χ1n) is 8.64. The van der Waals surface area contributed by atoms with Gasteiger partial charge in [-0.3, -0.25) is 4.79 Å². The number of nitrogens with one attached hydrogen (secondary N) is 1. The van der Waals surface area contributed by atoms with Gasteiger partial charge in [0, 0.05) is 12.4 Å². The lowest BCUT2D eigenvalue weighted by Gasteiger charge is -2.41. The van der Waals surface area contributed by atoms with E-state index in [1.54, 1.807) is 22.9 Å². The zero-order chi connectivity index (χ0) is 19.0. The van der Waals surface area contributed by atoms with Gasteiger partial charge >= 0.3 is 0 Å². The number of aromatic nitrogens is 3. The normalized spacial score (nSPS) is 15.7. The number of carbonyl (C=O) groups is 1. The van der Waals surface area contributed by atoms with Gasteiger partial charge < -0.3 is 9.88 Å². The molecule has 1 aromatic carbocycles. The highest BCUT2D eigenvalue weighted by atomic mass is 19.3. The van der Waals surface area contributed by atoms with Crippen LogP contribution in [0.2, 0.25) is 0 Å². The summed E-state index contributed by atoms with van der Waals surface area (Å²) in [6, 6.07) is 7.36. The first-order chi connectivity index (χ1) is 13.0. The molecule has 2 heterocycles. The molecule has 140 valence electrons. The second-order valence-electron chi connectivity index (χ2n) is 6.74. The number of carbonyl (C=O) groups excluding carboxylic acids is 1. The molecule has 1 fully saturated rings. The Hall–Kier alpha value is -2.90. The Labute approximate surface area is 153 Å². The van der Waals surface area contributed by atoms with Gasteiger partial charge in [-0.1, -0.05) is 0 Å². The Morgan fingerprint density at radius 3 is 2.78 bits per heavy atom. The third-order valence-corrected chi connectivity index (χ3v) is 4.96. The smallest absolute Gasteiger partial charge is 0.280 e. The summed E-state index contributed by atoms with van der Waals surface area (Å²) < 4.78 is 41.0. The van der Waals surface area contributed by atoms with E-state index in [1.165, 1.54) is 24.4 Å². The van der Waals surface area contributed by atoms with Crippen LogP contribution in [0.5, 0.6) is 0 Å². The minimum Gasteiger partial charge on any atom is -0.342 e. The lowest BCUT2D eigenvalue weighted by atomic mass is 9.76. The summed E-state index contributed by atoms with van der Waals surface area (Å²) in [6.45, 7) is -0.0107. The Balaban J connectivity index is 1.55. The molecule has 4 rings (SSSR count). The van der Waals surface area contributed by atoms with E-state index in [-0.39, 0.29) is 29.8 Å². The molecule has 3 aromatic rings. The van der Waals surface area contributed by atoms with E-state index in [0.29, 0.717) is 18.4 Å². The van der Waals surface area contributed by atoms with E-state index in [2.05, 4.69) is 15.3 Å². The Morgan fingerprint density at radius 2 is 2.07 bits per heavy atom. The van der Waals surface area contributed by atoms with Crippen LogP contribution in [0, 0.1) is 5.82 Å². The number of alkyl halides is 2. The second kappa shape index (κ2) is 6.68. The van der Waals surface area contributed by atoms with Crippen molar-refractivity contribution in [2.24, 2.45) is 0 Å².